The predicted octanol–water partition coefficient (Wildman–Crippen LogP) is -1.03. The third-order valence-corrected chi connectivity index (χ3v) is 2.01. The number of nitrogens with two attached hydrogens (primary N) is 1. The van der Waals surface area contributed by atoms with Crippen LogP contribution in [0.15, 0.2) is 0 Å². The summed E-state index contributed by atoms with van der Waals surface area (Å²) >= 11 is 0. The topological polar surface area (TPSA) is 75.4 Å². The molecule has 1 aliphatic carbocycles. The summed E-state index contributed by atoms with van der Waals surface area (Å²) in [6.07, 6.45) is 2.27. The van der Waals surface area contributed by atoms with Gasteiger partial charge >= 0.3 is 0 Å². The minimum atomic E-state index is -0.370. The molecular weight excluding hydrogens is 144 g/mol. The van der Waals surface area contributed by atoms with E-state index in [1.165, 1.54) is 0 Å². The van der Waals surface area contributed by atoms with Gasteiger partial charge < -0.3 is 16.2 Å². The minimum Gasteiger partial charge on any atom is -0.391 e. The van der Waals surface area contributed by atoms with Crippen molar-refractivity contribution >= 4 is 5.91 Å². The zero-order chi connectivity index (χ0) is 8.27. The smallest absolute Gasteiger partial charge is 0.234 e. The standard InChI is InChI=1S/C7H14N2O2/c8-4-7(11)9-5-2-1-3-6(5)10/h5-6,10H,1-4,8H2,(H,9,11). The average Bonchev–Trinajstić information content (AvgIpc) is 2.37. The molecule has 1 rings (SSSR count). The Kier molecular flexibility index (Phi) is 2.84. The number of aliphatic hydroxyl groups is 1. The van der Waals surface area contributed by atoms with Gasteiger partial charge in [-0.3, -0.25) is 4.79 Å². The molecule has 1 aliphatic rings. The maximum absolute atomic E-state index is 10.8. The van der Waals surface area contributed by atoms with Gasteiger partial charge in [0.2, 0.25) is 5.91 Å². The molecular formula is C7H14N2O2. The van der Waals surface area contributed by atoms with E-state index < -0.39 is 0 Å². The second kappa shape index (κ2) is 3.69. The first-order valence-electron chi connectivity index (χ1n) is 3.91. The summed E-state index contributed by atoms with van der Waals surface area (Å²) in [5.41, 5.74) is 5.10. The number of aliphatic hydroxyl groups excluding tert-OH is 1. The summed E-state index contributed by atoms with van der Waals surface area (Å²) in [4.78, 5) is 10.8. The van der Waals surface area contributed by atoms with Crippen molar-refractivity contribution in [2.45, 2.75) is 31.4 Å². The van der Waals surface area contributed by atoms with Gasteiger partial charge in [0, 0.05) is 0 Å². The van der Waals surface area contributed by atoms with E-state index in [9.17, 15) is 9.90 Å². The molecule has 0 bridgehead atoms. The normalized spacial score (nSPS) is 30.4. The summed E-state index contributed by atoms with van der Waals surface area (Å²) in [5, 5.41) is 11.9. The van der Waals surface area contributed by atoms with E-state index in [1.807, 2.05) is 0 Å². The zero-order valence-electron chi connectivity index (χ0n) is 6.42. The highest BCUT2D eigenvalue weighted by Crippen LogP contribution is 2.18. The van der Waals surface area contributed by atoms with Crippen molar-refractivity contribution in [3.63, 3.8) is 0 Å². The van der Waals surface area contributed by atoms with Crippen LogP contribution in [0.2, 0.25) is 0 Å². The lowest BCUT2D eigenvalue weighted by Crippen LogP contribution is -2.42. The number of amides is 1. The number of rotatable bonds is 2. The van der Waals surface area contributed by atoms with Crippen molar-refractivity contribution in [3.8, 4) is 0 Å². The second-order valence-electron chi connectivity index (χ2n) is 2.88. The van der Waals surface area contributed by atoms with Crippen molar-refractivity contribution in [2.24, 2.45) is 5.73 Å². The SMILES string of the molecule is NCC(=O)NC1CCCC1O. The van der Waals surface area contributed by atoms with Crippen LogP contribution in [0.4, 0.5) is 0 Å². The number of hydrogen-bond acceptors (Lipinski definition) is 3. The molecule has 4 heteroatoms. The van der Waals surface area contributed by atoms with Crippen LogP contribution in [-0.4, -0.2) is 29.7 Å². The maximum Gasteiger partial charge on any atom is 0.234 e. The van der Waals surface area contributed by atoms with Gasteiger partial charge in [0.15, 0.2) is 0 Å². The molecule has 2 atom stereocenters. The third-order valence-electron chi connectivity index (χ3n) is 2.01. The lowest BCUT2D eigenvalue weighted by atomic mass is 10.2. The van der Waals surface area contributed by atoms with Crippen LogP contribution in [0, 0.1) is 0 Å². The number of carbonyl (C=O) groups excluding carboxylic acids is 1. The second-order valence-corrected chi connectivity index (χ2v) is 2.88. The van der Waals surface area contributed by atoms with E-state index in [4.69, 9.17) is 5.73 Å². The van der Waals surface area contributed by atoms with Crippen LogP contribution in [0.3, 0.4) is 0 Å². The number of hydrogen-bond donors (Lipinski definition) is 3. The molecule has 0 spiro atoms. The fourth-order valence-electron chi connectivity index (χ4n) is 1.37. The molecule has 11 heavy (non-hydrogen) atoms. The van der Waals surface area contributed by atoms with Crippen molar-refractivity contribution in [1.29, 1.82) is 0 Å². The summed E-state index contributed by atoms with van der Waals surface area (Å²) in [6, 6.07) is -0.0638. The fraction of sp³-hybridized carbons (Fsp3) is 0.857. The fourth-order valence-corrected chi connectivity index (χ4v) is 1.37. The van der Waals surface area contributed by atoms with Gasteiger partial charge in [0.1, 0.15) is 0 Å². The Labute approximate surface area is 65.8 Å². The van der Waals surface area contributed by atoms with E-state index in [0.29, 0.717) is 0 Å². The monoisotopic (exact) mass is 158 g/mol. The maximum atomic E-state index is 10.8. The zero-order valence-corrected chi connectivity index (χ0v) is 6.42. The van der Waals surface area contributed by atoms with Crippen molar-refractivity contribution < 1.29 is 9.90 Å². The van der Waals surface area contributed by atoms with E-state index >= 15 is 0 Å². The van der Waals surface area contributed by atoms with Gasteiger partial charge in [-0.1, -0.05) is 0 Å². The summed E-state index contributed by atoms with van der Waals surface area (Å²) < 4.78 is 0. The Morgan fingerprint density at radius 3 is 2.82 bits per heavy atom. The Hall–Kier alpha value is -0.610. The molecule has 2 unspecified atom stereocenters. The first kappa shape index (κ1) is 8.49. The van der Waals surface area contributed by atoms with Crippen LogP contribution in [0.25, 0.3) is 0 Å². The highest BCUT2D eigenvalue weighted by molar-refractivity contribution is 5.78. The molecule has 64 valence electrons. The van der Waals surface area contributed by atoms with Gasteiger partial charge in [-0.25, -0.2) is 0 Å². The van der Waals surface area contributed by atoms with E-state index in [-0.39, 0.29) is 24.6 Å². The lowest BCUT2D eigenvalue weighted by Gasteiger charge is -2.15. The van der Waals surface area contributed by atoms with Crippen LogP contribution in [0.1, 0.15) is 19.3 Å². The number of nitrogens with one attached hydrogen (secondary N) is 1. The molecule has 1 amide bonds. The molecule has 0 saturated heterocycles. The molecule has 1 saturated carbocycles. The predicted molar refractivity (Wildman–Crippen MR) is 40.8 cm³/mol. The first-order valence-corrected chi connectivity index (χ1v) is 3.91. The van der Waals surface area contributed by atoms with Gasteiger partial charge in [0.05, 0.1) is 18.7 Å². The largest absolute Gasteiger partial charge is 0.391 e. The molecule has 1 fully saturated rings. The molecule has 0 aromatic carbocycles. The van der Waals surface area contributed by atoms with Crippen LogP contribution < -0.4 is 11.1 Å². The van der Waals surface area contributed by atoms with Crippen LogP contribution in [-0.2, 0) is 4.79 Å². The summed E-state index contributed by atoms with van der Waals surface area (Å²) in [7, 11) is 0. The van der Waals surface area contributed by atoms with Gasteiger partial charge in [-0.15, -0.1) is 0 Å². The quantitative estimate of drug-likeness (QED) is 0.481. The first-order chi connectivity index (χ1) is 5.24. The highest BCUT2D eigenvalue weighted by atomic mass is 16.3. The minimum absolute atomic E-state index is 0.00319. The Morgan fingerprint density at radius 2 is 2.36 bits per heavy atom. The van der Waals surface area contributed by atoms with Crippen molar-refractivity contribution in [2.75, 3.05) is 6.54 Å². The van der Waals surface area contributed by atoms with Crippen molar-refractivity contribution in [1.82, 2.24) is 5.32 Å². The van der Waals surface area contributed by atoms with Crippen LogP contribution >= 0.6 is 0 Å². The molecule has 0 aromatic rings. The molecule has 0 heterocycles. The van der Waals surface area contributed by atoms with E-state index in [1.54, 1.807) is 0 Å². The van der Waals surface area contributed by atoms with Gasteiger partial charge in [-0.05, 0) is 19.3 Å². The Morgan fingerprint density at radius 1 is 1.64 bits per heavy atom. The summed E-state index contributed by atoms with van der Waals surface area (Å²) in [6.45, 7) is 0.00319. The highest BCUT2D eigenvalue weighted by Gasteiger charge is 2.25. The molecule has 4 nitrogen and oxygen atoms in total. The Balaban J connectivity index is 2.30. The van der Waals surface area contributed by atoms with Crippen molar-refractivity contribution in [3.05, 3.63) is 0 Å². The molecule has 0 radical (unpaired) electrons. The molecule has 0 aromatic heterocycles. The molecule has 4 N–H and O–H groups in total. The van der Waals surface area contributed by atoms with Gasteiger partial charge in [-0.2, -0.15) is 0 Å². The van der Waals surface area contributed by atoms with Gasteiger partial charge in [0.25, 0.3) is 0 Å². The third kappa shape index (κ3) is 2.17. The van der Waals surface area contributed by atoms with Crippen LogP contribution in [0.5, 0.6) is 0 Å². The lowest BCUT2D eigenvalue weighted by molar-refractivity contribution is -0.121. The summed E-state index contributed by atoms with van der Waals surface area (Å²) in [5.74, 6) is -0.184. The molecule has 0 aliphatic heterocycles. The van der Waals surface area contributed by atoms with E-state index in [2.05, 4.69) is 5.32 Å². The Bertz CT molecular complexity index is 149. The van der Waals surface area contributed by atoms with E-state index in [0.717, 1.165) is 19.3 Å². The average molecular weight is 158 g/mol. The number of carbonyl (C=O) groups is 1.